The molecule has 0 spiro atoms. The number of hydrogen-bond donors (Lipinski definition) is 0. The lowest BCUT2D eigenvalue weighted by atomic mass is 9.94. The molecule has 0 aromatic carbocycles. The first-order chi connectivity index (χ1) is 9.15. The topological polar surface area (TPSA) is 18.5 Å². The number of hydrogen-bond acceptors (Lipinski definition) is 2. The highest BCUT2D eigenvalue weighted by molar-refractivity contribution is 5.19. The monoisotopic (exact) mass is 268 g/mol. The fourth-order valence-corrected chi connectivity index (χ4v) is 2.04. The fraction of sp³-hybridized carbons (Fsp3) is 0.765. The molecule has 0 unspecified atom stereocenters. The minimum Gasteiger partial charge on any atom is -0.359 e. The molecule has 0 saturated carbocycles. The van der Waals surface area contributed by atoms with E-state index in [0.29, 0.717) is 13.4 Å². The van der Waals surface area contributed by atoms with Gasteiger partial charge in [0.1, 0.15) is 6.79 Å². The van der Waals surface area contributed by atoms with Crippen molar-refractivity contribution >= 4 is 0 Å². The van der Waals surface area contributed by atoms with Crippen LogP contribution in [0.4, 0.5) is 0 Å². The summed E-state index contributed by atoms with van der Waals surface area (Å²) in [5.41, 5.74) is 4.22. The van der Waals surface area contributed by atoms with Gasteiger partial charge in [0.05, 0.1) is 6.61 Å². The van der Waals surface area contributed by atoms with Crippen LogP contribution in [0.3, 0.4) is 0 Å². The van der Waals surface area contributed by atoms with Crippen molar-refractivity contribution < 1.29 is 9.47 Å². The van der Waals surface area contributed by atoms with Crippen molar-refractivity contribution in [1.82, 2.24) is 0 Å². The van der Waals surface area contributed by atoms with E-state index in [2.05, 4.69) is 27.4 Å². The summed E-state index contributed by atoms with van der Waals surface area (Å²) in [6.07, 6.45) is 8.33. The van der Waals surface area contributed by atoms with Crippen molar-refractivity contribution in [3.05, 3.63) is 23.3 Å². The summed E-state index contributed by atoms with van der Waals surface area (Å²) >= 11 is 0. The third-order valence-corrected chi connectivity index (χ3v) is 3.30. The minimum absolute atomic E-state index is 0.370. The van der Waals surface area contributed by atoms with Gasteiger partial charge in [-0.2, -0.15) is 0 Å². The van der Waals surface area contributed by atoms with Gasteiger partial charge < -0.3 is 9.47 Å². The van der Waals surface area contributed by atoms with Gasteiger partial charge in [-0.05, 0) is 44.6 Å². The molecular weight excluding hydrogens is 236 g/mol. The van der Waals surface area contributed by atoms with Gasteiger partial charge in [-0.25, -0.2) is 0 Å². The maximum atomic E-state index is 5.46. The van der Waals surface area contributed by atoms with Gasteiger partial charge in [0.25, 0.3) is 0 Å². The second-order valence-corrected chi connectivity index (χ2v) is 5.27. The Bertz CT molecular complexity index is 266. The first kappa shape index (κ1) is 18.4. The van der Waals surface area contributed by atoms with E-state index in [1.54, 1.807) is 7.11 Å². The third-order valence-electron chi connectivity index (χ3n) is 3.30. The summed E-state index contributed by atoms with van der Waals surface area (Å²) in [6.45, 7) is 11.9. The molecule has 2 nitrogen and oxygen atoms in total. The summed E-state index contributed by atoms with van der Waals surface area (Å²) in [4.78, 5) is 0. The average molecular weight is 268 g/mol. The molecule has 112 valence electrons. The molecule has 0 N–H and O–H groups in total. The first-order valence-electron chi connectivity index (χ1n) is 7.56. The molecule has 0 saturated heterocycles. The summed E-state index contributed by atoms with van der Waals surface area (Å²) in [7, 11) is 1.66. The molecular formula is C17H32O2. The maximum Gasteiger partial charge on any atom is 0.146 e. The van der Waals surface area contributed by atoms with E-state index in [1.807, 2.05) is 0 Å². The molecule has 0 fully saturated rings. The lowest BCUT2D eigenvalue weighted by Gasteiger charge is -2.14. The highest BCUT2D eigenvalue weighted by Gasteiger charge is 2.06. The molecule has 0 aliphatic carbocycles. The van der Waals surface area contributed by atoms with Gasteiger partial charge in [-0.1, -0.05) is 44.4 Å². The van der Waals surface area contributed by atoms with E-state index >= 15 is 0 Å². The van der Waals surface area contributed by atoms with Crippen LogP contribution in [-0.4, -0.2) is 20.5 Å². The van der Waals surface area contributed by atoms with E-state index in [0.717, 1.165) is 12.8 Å². The van der Waals surface area contributed by atoms with Gasteiger partial charge >= 0.3 is 0 Å². The Balaban J connectivity index is 4.40. The Hall–Kier alpha value is -0.600. The van der Waals surface area contributed by atoms with E-state index in [9.17, 15) is 0 Å². The Morgan fingerprint density at radius 1 is 1.05 bits per heavy atom. The summed E-state index contributed by atoms with van der Waals surface area (Å²) in [6, 6.07) is 0. The molecule has 2 heteroatoms. The van der Waals surface area contributed by atoms with Crippen molar-refractivity contribution in [2.24, 2.45) is 0 Å². The molecule has 0 aromatic rings. The fourth-order valence-electron chi connectivity index (χ4n) is 2.04. The molecule has 0 rings (SSSR count). The van der Waals surface area contributed by atoms with Crippen LogP contribution in [0.15, 0.2) is 23.3 Å². The molecule has 19 heavy (non-hydrogen) atoms. The van der Waals surface area contributed by atoms with E-state index in [1.165, 1.54) is 48.8 Å². The minimum atomic E-state index is 0.370. The summed E-state index contributed by atoms with van der Waals surface area (Å²) in [5.74, 6) is 0. The van der Waals surface area contributed by atoms with Crippen LogP contribution in [0, 0.1) is 0 Å². The van der Waals surface area contributed by atoms with Crippen LogP contribution in [0.1, 0.15) is 65.7 Å². The number of unbranched alkanes of at least 4 members (excludes halogenated alkanes) is 2. The number of allylic oxidation sites excluding steroid dienone is 2. The summed E-state index contributed by atoms with van der Waals surface area (Å²) < 4.78 is 10.4. The van der Waals surface area contributed by atoms with E-state index in [4.69, 9.17) is 9.47 Å². The standard InChI is InChI=1S/C17H32O2/c1-6-8-10-15(3)12-17(11-9-7-2)16(4)13-19-14-18-5/h3,6-14H2,1-2,4-5H3/b17-16+. The smallest absolute Gasteiger partial charge is 0.146 e. The summed E-state index contributed by atoms with van der Waals surface area (Å²) in [5, 5.41) is 0. The molecule has 0 bridgehead atoms. The van der Waals surface area contributed by atoms with Crippen molar-refractivity contribution in [1.29, 1.82) is 0 Å². The molecule has 0 atom stereocenters. The van der Waals surface area contributed by atoms with Crippen LogP contribution in [0.2, 0.25) is 0 Å². The van der Waals surface area contributed by atoms with Gasteiger partial charge in [0.2, 0.25) is 0 Å². The van der Waals surface area contributed by atoms with Gasteiger partial charge in [0.15, 0.2) is 0 Å². The first-order valence-corrected chi connectivity index (χ1v) is 7.56. The van der Waals surface area contributed by atoms with Crippen molar-refractivity contribution in [2.75, 3.05) is 20.5 Å². The highest BCUT2D eigenvalue weighted by atomic mass is 16.7. The number of methoxy groups -OCH3 is 1. The molecule has 0 aliphatic heterocycles. The molecule has 0 aromatic heterocycles. The van der Waals surface area contributed by atoms with Crippen molar-refractivity contribution in [3.63, 3.8) is 0 Å². The zero-order valence-electron chi connectivity index (χ0n) is 13.4. The number of rotatable bonds is 12. The maximum absolute atomic E-state index is 5.46. The van der Waals surface area contributed by atoms with Gasteiger partial charge in [-0.15, -0.1) is 0 Å². The predicted molar refractivity (Wildman–Crippen MR) is 83.3 cm³/mol. The Kier molecular flexibility index (Phi) is 12.0. The molecule has 0 radical (unpaired) electrons. The van der Waals surface area contributed by atoms with E-state index in [-0.39, 0.29) is 0 Å². The quantitative estimate of drug-likeness (QED) is 0.273. The zero-order chi connectivity index (χ0) is 14.5. The van der Waals surface area contributed by atoms with Crippen LogP contribution in [0.25, 0.3) is 0 Å². The molecule has 0 amide bonds. The van der Waals surface area contributed by atoms with Gasteiger partial charge in [-0.3, -0.25) is 0 Å². The van der Waals surface area contributed by atoms with Crippen LogP contribution < -0.4 is 0 Å². The zero-order valence-corrected chi connectivity index (χ0v) is 13.4. The highest BCUT2D eigenvalue weighted by Crippen LogP contribution is 2.23. The second-order valence-electron chi connectivity index (χ2n) is 5.27. The lowest BCUT2D eigenvalue weighted by Crippen LogP contribution is -2.03. The Morgan fingerprint density at radius 3 is 2.26 bits per heavy atom. The van der Waals surface area contributed by atoms with Crippen molar-refractivity contribution in [3.8, 4) is 0 Å². The van der Waals surface area contributed by atoms with Crippen LogP contribution in [0.5, 0.6) is 0 Å². The van der Waals surface area contributed by atoms with Crippen LogP contribution in [-0.2, 0) is 9.47 Å². The Morgan fingerprint density at radius 2 is 1.68 bits per heavy atom. The predicted octanol–water partition coefficient (Wildman–Crippen LogP) is 5.25. The van der Waals surface area contributed by atoms with E-state index < -0.39 is 0 Å². The lowest BCUT2D eigenvalue weighted by molar-refractivity contribution is -0.0213. The molecule has 0 aliphatic rings. The SMILES string of the molecule is C=C(CCCC)C/C(CCCC)=C(\C)COCOC. The second kappa shape index (κ2) is 12.4. The van der Waals surface area contributed by atoms with Crippen LogP contribution >= 0.6 is 0 Å². The normalized spacial score (nSPS) is 12.4. The third kappa shape index (κ3) is 9.92. The Labute approximate surface area is 119 Å². The molecule has 0 heterocycles. The van der Waals surface area contributed by atoms with Gasteiger partial charge in [0, 0.05) is 7.11 Å². The van der Waals surface area contributed by atoms with Crippen molar-refractivity contribution in [2.45, 2.75) is 65.7 Å². The average Bonchev–Trinajstić information content (AvgIpc) is 2.41. The largest absolute Gasteiger partial charge is 0.359 e. The number of ether oxygens (including phenoxy) is 2.